The van der Waals surface area contributed by atoms with E-state index in [0.29, 0.717) is 0 Å². The van der Waals surface area contributed by atoms with Crippen LogP contribution >= 0.6 is 0 Å². The average Bonchev–Trinajstić information content (AvgIpc) is 3.14. The van der Waals surface area contributed by atoms with Gasteiger partial charge in [0.05, 0.1) is 27.5 Å². The molecule has 0 amide bonds. The zero-order valence-corrected chi connectivity index (χ0v) is 30.0. The first-order valence-corrected chi connectivity index (χ1v) is 18.2. The van der Waals surface area contributed by atoms with E-state index < -0.39 is 6.15 Å². The van der Waals surface area contributed by atoms with Crippen molar-refractivity contribution in [3.05, 3.63) is 103 Å². The number of aryl methyl sites for hydroxylation is 1. The largest absolute Gasteiger partial charge is 0.497 e. The van der Waals surface area contributed by atoms with Gasteiger partial charge in [-0.2, -0.15) is 22.7 Å². The standard InChI is InChI=1S/C29H38BO3.C13H22N/c1-5-6-7-8-9-10-23-30(24-11-17-27(31-2)18-12-24,25-13-19-28(32-3)20-14-25)26-15-21-29(33-4)22-16-26;1-2-3-4-5-6-8-11-14-12-9-7-10-13-14/h11-22H,5-10,23H2,1-4H3;7,9-10,12-13H,2-6,8,11H2,1H3/q-1;+1. The highest BCUT2D eigenvalue weighted by Crippen LogP contribution is 2.22. The molecule has 5 heteroatoms. The number of unbranched alkanes of at least 4 members (excludes halogenated alkanes) is 10. The molecule has 0 bridgehead atoms. The third-order valence-electron chi connectivity index (χ3n) is 9.59. The lowest BCUT2D eigenvalue weighted by molar-refractivity contribution is -0.697. The maximum Gasteiger partial charge on any atom is 0.168 e. The van der Waals surface area contributed by atoms with Crippen LogP contribution in [0.25, 0.3) is 0 Å². The van der Waals surface area contributed by atoms with Crippen molar-refractivity contribution in [2.75, 3.05) is 21.3 Å². The Morgan fingerprint density at radius 3 is 1.19 bits per heavy atom. The van der Waals surface area contributed by atoms with Crippen molar-refractivity contribution in [2.45, 2.75) is 104 Å². The summed E-state index contributed by atoms with van der Waals surface area (Å²) in [6, 6.07) is 32.2. The Kier molecular flexibility index (Phi) is 17.6. The number of aromatic nitrogens is 1. The molecule has 4 nitrogen and oxygen atoms in total. The van der Waals surface area contributed by atoms with Crippen LogP contribution < -0.4 is 35.2 Å². The number of hydrogen-bond acceptors (Lipinski definition) is 3. The second-order valence-corrected chi connectivity index (χ2v) is 12.8. The summed E-state index contributed by atoms with van der Waals surface area (Å²) < 4.78 is 18.7. The van der Waals surface area contributed by atoms with Crippen molar-refractivity contribution in [3.8, 4) is 17.2 Å². The number of rotatable bonds is 20. The van der Waals surface area contributed by atoms with Crippen molar-refractivity contribution < 1.29 is 18.8 Å². The topological polar surface area (TPSA) is 31.6 Å². The zero-order valence-electron chi connectivity index (χ0n) is 30.0. The molecule has 0 spiro atoms. The molecule has 47 heavy (non-hydrogen) atoms. The lowest BCUT2D eigenvalue weighted by atomic mass is 9.14. The van der Waals surface area contributed by atoms with Crippen molar-refractivity contribution in [2.24, 2.45) is 0 Å². The first-order chi connectivity index (χ1) is 23.1. The molecule has 0 aliphatic carbocycles. The van der Waals surface area contributed by atoms with Gasteiger partial charge in [-0.1, -0.05) is 121 Å². The molecular weight excluding hydrogens is 577 g/mol. The van der Waals surface area contributed by atoms with Gasteiger partial charge in [0, 0.05) is 18.6 Å². The van der Waals surface area contributed by atoms with Gasteiger partial charge in [0.1, 0.15) is 23.8 Å². The number of hydrogen-bond donors (Lipinski definition) is 0. The van der Waals surface area contributed by atoms with Gasteiger partial charge in [-0.3, -0.25) is 0 Å². The number of methoxy groups -OCH3 is 3. The van der Waals surface area contributed by atoms with Crippen LogP contribution in [-0.2, 0) is 6.54 Å². The molecule has 0 N–H and O–H groups in total. The maximum absolute atomic E-state index is 5.46. The van der Waals surface area contributed by atoms with Crippen molar-refractivity contribution >= 4 is 22.5 Å². The van der Waals surface area contributed by atoms with Gasteiger partial charge in [-0.05, 0) is 42.8 Å². The van der Waals surface area contributed by atoms with Crippen LogP contribution in [0.3, 0.4) is 0 Å². The minimum absolute atomic E-state index is 0.882. The van der Waals surface area contributed by atoms with Crippen LogP contribution in [0.1, 0.15) is 90.9 Å². The normalized spacial score (nSPS) is 11.0. The van der Waals surface area contributed by atoms with Gasteiger partial charge in [0.25, 0.3) is 0 Å². The molecule has 4 aromatic rings. The van der Waals surface area contributed by atoms with Crippen LogP contribution in [-0.4, -0.2) is 27.5 Å². The summed E-state index contributed by atoms with van der Waals surface area (Å²) in [4.78, 5) is 0. The lowest BCUT2D eigenvalue weighted by Gasteiger charge is -2.43. The molecule has 0 radical (unpaired) electrons. The van der Waals surface area contributed by atoms with Crippen molar-refractivity contribution in [3.63, 3.8) is 0 Å². The van der Waals surface area contributed by atoms with Crippen LogP contribution in [0.15, 0.2) is 103 Å². The van der Waals surface area contributed by atoms with E-state index in [1.54, 1.807) is 21.3 Å². The van der Waals surface area contributed by atoms with Gasteiger partial charge >= 0.3 is 0 Å². The van der Waals surface area contributed by atoms with Crippen molar-refractivity contribution in [1.29, 1.82) is 0 Å². The predicted molar refractivity (Wildman–Crippen MR) is 202 cm³/mol. The molecule has 0 saturated carbocycles. The number of benzene rings is 3. The minimum atomic E-state index is -1.17. The molecule has 0 aliphatic rings. The first kappa shape index (κ1) is 37.7. The maximum atomic E-state index is 5.46. The lowest BCUT2D eigenvalue weighted by Crippen LogP contribution is -2.66. The van der Waals surface area contributed by atoms with E-state index in [2.05, 4.69) is 122 Å². The molecule has 0 unspecified atom stereocenters. The fraction of sp³-hybridized carbons (Fsp3) is 0.452. The molecule has 0 aliphatic heterocycles. The molecule has 3 aromatic carbocycles. The molecule has 0 saturated heterocycles. The quantitative estimate of drug-likeness (QED) is 0.0551. The molecule has 4 rings (SSSR count). The summed E-state index contributed by atoms with van der Waals surface area (Å²) in [5, 5.41) is 0. The SMILES string of the molecule is CCCCCCCC[B-](c1ccc(OC)cc1)(c1ccc(OC)cc1)c1ccc(OC)cc1.CCCCCCCC[n+]1ccccc1. The molecular formula is C42H60BNO3. The summed E-state index contributed by atoms with van der Waals surface area (Å²) in [5.41, 5.74) is 4.00. The Balaban J connectivity index is 0.000000358. The minimum Gasteiger partial charge on any atom is -0.497 e. The summed E-state index contributed by atoms with van der Waals surface area (Å²) in [5.74, 6) is 2.65. The molecule has 1 heterocycles. The van der Waals surface area contributed by atoms with E-state index in [-0.39, 0.29) is 0 Å². The number of nitrogens with zero attached hydrogens (tertiary/aromatic N) is 1. The molecule has 254 valence electrons. The Bertz CT molecular complexity index is 1230. The van der Waals surface area contributed by atoms with E-state index in [1.165, 1.54) is 100.0 Å². The molecule has 0 atom stereocenters. The summed E-state index contributed by atoms with van der Waals surface area (Å²) in [7, 11) is 5.16. The summed E-state index contributed by atoms with van der Waals surface area (Å²) in [6.45, 7) is 5.71. The van der Waals surface area contributed by atoms with Gasteiger partial charge in [-0.25, -0.2) is 4.57 Å². The van der Waals surface area contributed by atoms with Gasteiger partial charge in [0.15, 0.2) is 12.4 Å². The third-order valence-corrected chi connectivity index (χ3v) is 9.59. The van der Waals surface area contributed by atoms with Gasteiger partial charge in [0.2, 0.25) is 0 Å². The monoisotopic (exact) mass is 637 g/mol. The summed E-state index contributed by atoms with van der Waals surface area (Å²) >= 11 is 0. The fourth-order valence-corrected chi connectivity index (χ4v) is 6.76. The fourth-order valence-electron chi connectivity index (χ4n) is 6.76. The van der Waals surface area contributed by atoms with E-state index in [4.69, 9.17) is 14.2 Å². The Morgan fingerprint density at radius 1 is 0.447 bits per heavy atom. The second-order valence-electron chi connectivity index (χ2n) is 12.8. The van der Waals surface area contributed by atoms with E-state index >= 15 is 0 Å². The highest BCUT2D eigenvalue weighted by Gasteiger charge is 2.29. The first-order valence-electron chi connectivity index (χ1n) is 18.2. The molecule has 0 fully saturated rings. The Morgan fingerprint density at radius 2 is 0.809 bits per heavy atom. The van der Waals surface area contributed by atoms with E-state index in [0.717, 1.165) is 23.6 Å². The number of ether oxygens (including phenoxy) is 3. The predicted octanol–water partition coefficient (Wildman–Crippen LogP) is 8.88. The van der Waals surface area contributed by atoms with E-state index in [1.807, 2.05) is 0 Å². The van der Waals surface area contributed by atoms with Crippen LogP contribution in [0.4, 0.5) is 0 Å². The van der Waals surface area contributed by atoms with E-state index in [9.17, 15) is 0 Å². The highest BCUT2D eigenvalue weighted by atomic mass is 16.5. The van der Waals surface area contributed by atoms with Crippen LogP contribution in [0, 0.1) is 0 Å². The van der Waals surface area contributed by atoms with Gasteiger partial charge in [-0.15, -0.1) is 0 Å². The zero-order chi connectivity index (χ0) is 33.6. The van der Waals surface area contributed by atoms with Crippen LogP contribution in [0.5, 0.6) is 17.2 Å². The van der Waals surface area contributed by atoms with Crippen molar-refractivity contribution in [1.82, 2.24) is 0 Å². The second kappa shape index (κ2) is 22.0. The smallest absolute Gasteiger partial charge is 0.168 e. The Hall–Kier alpha value is -3.73. The third kappa shape index (κ3) is 12.1. The highest BCUT2D eigenvalue weighted by molar-refractivity contribution is 7.11. The van der Waals surface area contributed by atoms with Crippen LogP contribution in [0.2, 0.25) is 6.32 Å². The number of pyridine rings is 1. The molecule has 1 aromatic heterocycles. The average molecular weight is 638 g/mol. The van der Waals surface area contributed by atoms with Gasteiger partial charge < -0.3 is 14.2 Å². The summed E-state index contributed by atoms with van der Waals surface area (Å²) in [6.07, 6.45) is 20.1. The Labute approximate surface area is 286 Å².